The number of nitrogens with one attached hydrogen (secondary N) is 1. The summed E-state index contributed by atoms with van der Waals surface area (Å²) in [6.07, 6.45) is 3.05. The van der Waals surface area contributed by atoms with E-state index in [4.69, 9.17) is 16.3 Å². The maximum absolute atomic E-state index is 10.9. The van der Waals surface area contributed by atoms with Gasteiger partial charge in [0.05, 0.1) is 7.11 Å². The molecule has 0 saturated heterocycles. The van der Waals surface area contributed by atoms with Crippen molar-refractivity contribution in [2.45, 2.75) is 0 Å². The van der Waals surface area contributed by atoms with Crippen LogP contribution >= 0.6 is 11.6 Å². The number of benzene rings is 1. The number of halogens is 1. The van der Waals surface area contributed by atoms with Gasteiger partial charge in [-0.15, -0.1) is 0 Å². The Morgan fingerprint density at radius 1 is 1.44 bits per heavy atom. The van der Waals surface area contributed by atoms with Crippen molar-refractivity contribution < 1.29 is 4.74 Å². The van der Waals surface area contributed by atoms with E-state index < -0.39 is 0 Å². The average Bonchev–Trinajstić information content (AvgIpc) is 2.30. The van der Waals surface area contributed by atoms with Crippen LogP contribution in [-0.2, 0) is 0 Å². The molecule has 0 unspecified atom stereocenters. The second kappa shape index (κ2) is 4.37. The number of H-pyrrole nitrogens is 1. The van der Waals surface area contributed by atoms with Gasteiger partial charge in [0.15, 0.2) is 0 Å². The van der Waals surface area contributed by atoms with Crippen LogP contribution in [0, 0.1) is 0 Å². The highest BCUT2D eigenvalue weighted by atomic mass is 35.5. The van der Waals surface area contributed by atoms with E-state index in [2.05, 4.69) is 9.97 Å². The molecule has 1 N–H and O–H groups in total. The van der Waals surface area contributed by atoms with Gasteiger partial charge in [-0.3, -0.25) is 0 Å². The maximum atomic E-state index is 10.9. The molecule has 0 spiro atoms. The molecule has 0 bridgehead atoms. The molecule has 2 aromatic rings. The standard InChI is InChI=1S/C11H9ClN2O2/c1-16-10-3-2-8(12)4-9(10)7-5-13-11(15)14-6-7/h2-6H,1H3,(H,13,14,15). The Morgan fingerprint density at radius 3 is 2.88 bits per heavy atom. The third kappa shape index (κ3) is 2.06. The molecule has 1 aromatic carbocycles. The van der Waals surface area contributed by atoms with Gasteiger partial charge in [-0.2, -0.15) is 0 Å². The monoisotopic (exact) mass is 236 g/mol. The molecule has 4 nitrogen and oxygen atoms in total. The molecule has 0 saturated carbocycles. The fourth-order valence-electron chi connectivity index (χ4n) is 1.40. The number of rotatable bonds is 2. The molecular formula is C11H9ClN2O2. The number of aromatic nitrogens is 2. The highest BCUT2D eigenvalue weighted by molar-refractivity contribution is 6.31. The Morgan fingerprint density at radius 2 is 2.25 bits per heavy atom. The van der Waals surface area contributed by atoms with Crippen molar-refractivity contribution in [3.8, 4) is 16.9 Å². The van der Waals surface area contributed by atoms with Crippen LogP contribution in [-0.4, -0.2) is 17.1 Å². The SMILES string of the molecule is COc1ccc(Cl)cc1-c1cnc(=O)[nH]c1. The number of hydrogen-bond acceptors (Lipinski definition) is 3. The summed E-state index contributed by atoms with van der Waals surface area (Å²) in [5.41, 5.74) is 1.16. The summed E-state index contributed by atoms with van der Waals surface area (Å²) in [6.45, 7) is 0. The third-order valence-electron chi connectivity index (χ3n) is 2.14. The molecule has 16 heavy (non-hydrogen) atoms. The van der Waals surface area contributed by atoms with Gasteiger partial charge in [-0.1, -0.05) is 11.6 Å². The first-order valence-corrected chi connectivity index (χ1v) is 4.97. The zero-order valence-corrected chi connectivity index (χ0v) is 9.28. The van der Waals surface area contributed by atoms with Crippen LogP contribution in [0.5, 0.6) is 5.75 Å². The first-order chi connectivity index (χ1) is 7.70. The summed E-state index contributed by atoms with van der Waals surface area (Å²) in [5, 5.41) is 0.599. The fourth-order valence-corrected chi connectivity index (χ4v) is 1.57. The minimum absolute atomic E-state index is 0.384. The Kier molecular flexibility index (Phi) is 2.92. The number of ether oxygens (including phenoxy) is 1. The summed E-state index contributed by atoms with van der Waals surface area (Å²) < 4.78 is 5.21. The molecule has 0 aliphatic heterocycles. The van der Waals surface area contributed by atoms with Crippen LogP contribution in [0.4, 0.5) is 0 Å². The van der Waals surface area contributed by atoms with Crippen LogP contribution < -0.4 is 10.4 Å². The zero-order valence-electron chi connectivity index (χ0n) is 8.53. The Hall–Kier alpha value is -1.81. The lowest BCUT2D eigenvalue weighted by Crippen LogP contribution is -2.08. The second-order valence-electron chi connectivity index (χ2n) is 3.15. The van der Waals surface area contributed by atoms with Crippen LogP contribution in [0.2, 0.25) is 5.02 Å². The van der Waals surface area contributed by atoms with E-state index >= 15 is 0 Å². The van der Waals surface area contributed by atoms with E-state index in [1.165, 1.54) is 6.20 Å². The van der Waals surface area contributed by atoms with Gasteiger partial charge in [0.1, 0.15) is 5.75 Å². The molecule has 0 radical (unpaired) electrons. The van der Waals surface area contributed by atoms with Gasteiger partial charge < -0.3 is 9.72 Å². The molecule has 0 fully saturated rings. The zero-order chi connectivity index (χ0) is 11.5. The van der Waals surface area contributed by atoms with Gasteiger partial charge >= 0.3 is 5.69 Å². The van der Waals surface area contributed by atoms with Gasteiger partial charge in [-0.05, 0) is 18.2 Å². The molecule has 82 valence electrons. The largest absolute Gasteiger partial charge is 0.496 e. The Balaban J connectivity index is 2.57. The van der Waals surface area contributed by atoms with Gasteiger partial charge in [-0.25, -0.2) is 9.78 Å². The molecule has 0 aliphatic carbocycles. The average molecular weight is 237 g/mol. The highest BCUT2D eigenvalue weighted by Gasteiger charge is 2.06. The summed E-state index contributed by atoms with van der Waals surface area (Å²) >= 11 is 5.91. The summed E-state index contributed by atoms with van der Waals surface area (Å²) in [6, 6.07) is 5.27. The summed E-state index contributed by atoms with van der Waals surface area (Å²) in [5.74, 6) is 0.679. The predicted molar refractivity (Wildman–Crippen MR) is 61.9 cm³/mol. The predicted octanol–water partition coefficient (Wildman–Crippen LogP) is 2.10. The quantitative estimate of drug-likeness (QED) is 0.869. The van der Waals surface area contributed by atoms with E-state index in [1.807, 2.05) is 0 Å². The molecule has 1 heterocycles. The minimum Gasteiger partial charge on any atom is -0.496 e. The van der Waals surface area contributed by atoms with Gasteiger partial charge in [0.25, 0.3) is 0 Å². The molecule has 0 atom stereocenters. The first kappa shape index (κ1) is 10.7. The Bertz CT molecular complexity index is 546. The van der Waals surface area contributed by atoms with Crippen LogP contribution in [0.3, 0.4) is 0 Å². The van der Waals surface area contributed by atoms with Crippen molar-refractivity contribution >= 4 is 11.6 Å². The molecule has 2 rings (SSSR count). The number of aromatic amines is 1. The van der Waals surface area contributed by atoms with E-state index in [-0.39, 0.29) is 5.69 Å². The molecule has 5 heteroatoms. The van der Waals surface area contributed by atoms with Crippen molar-refractivity contribution in [1.82, 2.24) is 9.97 Å². The molecule has 1 aromatic heterocycles. The number of hydrogen-bond donors (Lipinski definition) is 1. The normalized spacial score (nSPS) is 10.1. The molecule has 0 amide bonds. The Labute approximate surface area is 96.9 Å². The summed E-state index contributed by atoms with van der Waals surface area (Å²) in [4.78, 5) is 17.0. The highest BCUT2D eigenvalue weighted by Crippen LogP contribution is 2.31. The lowest BCUT2D eigenvalue weighted by molar-refractivity contribution is 0.416. The van der Waals surface area contributed by atoms with Crippen molar-refractivity contribution in [2.75, 3.05) is 7.11 Å². The number of nitrogens with zero attached hydrogens (tertiary/aromatic N) is 1. The molecular weight excluding hydrogens is 228 g/mol. The second-order valence-corrected chi connectivity index (χ2v) is 3.59. The lowest BCUT2D eigenvalue weighted by Gasteiger charge is -2.07. The minimum atomic E-state index is -0.384. The van der Waals surface area contributed by atoms with Crippen molar-refractivity contribution in [1.29, 1.82) is 0 Å². The lowest BCUT2D eigenvalue weighted by atomic mass is 10.1. The van der Waals surface area contributed by atoms with E-state index in [0.29, 0.717) is 10.8 Å². The van der Waals surface area contributed by atoms with Gasteiger partial charge in [0.2, 0.25) is 0 Å². The van der Waals surface area contributed by atoms with Crippen LogP contribution in [0.25, 0.3) is 11.1 Å². The van der Waals surface area contributed by atoms with Crippen molar-refractivity contribution in [3.63, 3.8) is 0 Å². The van der Waals surface area contributed by atoms with E-state index in [9.17, 15) is 4.79 Å². The van der Waals surface area contributed by atoms with E-state index in [1.54, 1.807) is 31.5 Å². The first-order valence-electron chi connectivity index (χ1n) is 4.59. The van der Waals surface area contributed by atoms with Gasteiger partial charge in [0, 0.05) is 28.5 Å². The maximum Gasteiger partial charge on any atom is 0.344 e. The third-order valence-corrected chi connectivity index (χ3v) is 2.38. The van der Waals surface area contributed by atoms with Crippen LogP contribution in [0.15, 0.2) is 35.4 Å². The topological polar surface area (TPSA) is 55.0 Å². The van der Waals surface area contributed by atoms with E-state index in [0.717, 1.165) is 11.1 Å². The summed E-state index contributed by atoms with van der Waals surface area (Å²) in [7, 11) is 1.58. The smallest absolute Gasteiger partial charge is 0.344 e. The molecule has 0 aliphatic rings. The fraction of sp³-hybridized carbons (Fsp3) is 0.0909. The van der Waals surface area contributed by atoms with Crippen molar-refractivity contribution in [3.05, 3.63) is 46.1 Å². The number of methoxy groups -OCH3 is 1. The van der Waals surface area contributed by atoms with Crippen molar-refractivity contribution in [2.24, 2.45) is 0 Å². The van der Waals surface area contributed by atoms with Crippen LogP contribution in [0.1, 0.15) is 0 Å².